The molecule has 1 N–H and O–H groups in total. The summed E-state index contributed by atoms with van der Waals surface area (Å²) in [6.07, 6.45) is 4.14. The number of nitrogens with zero attached hydrogens (tertiary/aromatic N) is 1. The molecule has 1 saturated heterocycles. The molecule has 6 heteroatoms. The van der Waals surface area contributed by atoms with Crippen molar-refractivity contribution < 1.29 is 18.3 Å². The van der Waals surface area contributed by atoms with Gasteiger partial charge in [0, 0.05) is 19.2 Å². The highest BCUT2D eigenvalue weighted by molar-refractivity contribution is 7.89. The van der Waals surface area contributed by atoms with Crippen molar-refractivity contribution in [2.75, 3.05) is 13.1 Å². The smallest absolute Gasteiger partial charge is 0.328 e. The van der Waals surface area contributed by atoms with E-state index in [0.29, 0.717) is 18.7 Å². The van der Waals surface area contributed by atoms with E-state index in [1.54, 1.807) is 12.1 Å². The third-order valence-electron chi connectivity index (χ3n) is 2.98. The molecule has 1 aromatic carbocycles. The molecule has 5 nitrogen and oxygen atoms in total. The Kier molecular flexibility index (Phi) is 4.01. The van der Waals surface area contributed by atoms with E-state index in [-0.39, 0.29) is 4.90 Å². The van der Waals surface area contributed by atoms with Crippen molar-refractivity contribution in [3.63, 3.8) is 0 Å². The average Bonchev–Trinajstić information content (AvgIpc) is 2.91. The van der Waals surface area contributed by atoms with Crippen molar-refractivity contribution in [1.82, 2.24) is 4.31 Å². The first-order valence-electron chi connectivity index (χ1n) is 6.01. The molecule has 1 aromatic rings. The Hall–Kier alpha value is -1.66. The molecule has 0 unspecified atom stereocenters. The average molecular weight is 281 g/mol. The van der Waals surface area contributed by atoms with E-state index >= 15 is 0 Å². The van der Waals surface area contributed by atoms with Crippen LogP contribution in [0.1, 0.15) is 18.4 Å². The summed E-state index contributed by atoms with van der Waals surface area (Å²) in [6, 6.07) is 6.31. The quantitative estimate of drug-likeness (QED) is 0.850. The van der Waals surface area contributed by atoms with E-state index in [9.17, 15) is 13.2 Å². The lowest BCUT2D eigenvalue weighted by Gasteiger charge is -2.15. The van der Waals surface area contributed by atoms with Gasteiger partial charge in [0.2, 0.25) is 10.0 Å². The molecule has 1 fully saturated rings. The Morgan fingerprint density at radius 3 is 2.58 bits per heavy atom. The van der Waals surface area contributed by atoms with Crippen LogP contribution in [0.4, 0.5) is 0 Å². The standard InChI is InChI=1S/C13H15NO4S/c15-13(16)7-6-11-4-3-5-12(10-11)19(17,18)14-8-1-2-9-14/h3-7,10H,1-2,8-9H2,(H,15,16). The predicted octanol–water partition coefficient (Wildman–Crippen LogP) is 1.57. The Morgan fingerprint density at radius 1 is 1.26 bits per heavy atom. The number of sulfonamides is 1. The number of carboxylic acid groups (broad SMARTS) is 1. The number of carboxylic acids is 1. The van der Waals surface area contributed by atoms with Crippen LogP contribution in [0.25, 0.3) is 6.08 Å². The van der Waals surface area contributed by atoms with Gasteiger partial charge in [-0.05, 0) is 36.6 Å². The molecule has 19 heavy (non-hydrogen) atoms. The molecule has 0 aromatic heterocycles. The molecule has 0 aliphatic carbocycles. The predicted molar refractivity (Wildman–Crippen MR) is 71.1 cm³/mol. The van der Waals surface area contributed by atoms with E-state index in [1.807, 2.05) is 0 Å². The molecule has 0 bridgehead atoms. The van der Waals surface area contributed by atoms with Gasteiger partial charge in [-0.15, -0.1) is 0 Å². The SMILES string of the molecule is O=C(O)C=Cc1cccc(S(=O)(=O)N2CCCC2)c1. The molecule has 1 aliphatic heterocycles. The lowest BCUT2D eigenvalue weighted by atomic mass is 10.2. The first-order chi connectivity index (χ1) is 9.00. The Bertz CT molecular complexity index is 601. The fourth-order valence-electron chi connectivity index (χ4n) is 2.02. The van der Waals surface area contributed by atoms with Crippen LogP contribution in [0.3, 0.4) is 0 Å². The molecule has 102 valence electrons. The lowest BCUT2D eigenvalue weighted by molar-refractivity contribution is -0.131. The van der Waals surface area contributed by atoms with Crippen LogP contribution in [0.5, 0.6) is 0 Å². The van der Waals surface area contributed by atoms with E-state index in [0.717, 1.165) is 18.9 Å². The second-order valence-corrected chi connectivity index (χ2v) is 6.29. The lowest BCUT2D eigenvalue weighted by Crippen LogP contribution is -2.27. The van der Waals surface area contributed by atoms with Gasteiger partial charge in [0.1, 0.15) is 0 Å². The highest BCUT2D eigenvalue weighted by atomic mass is 32.2. The summed E-state index contributed by atoms with van der Waals surface area (Å²) in [5.74, 6) is -1.06. The van der Waals surface area contributed by atoms with Gasteiger partial charge in [0.05, 0.1) is 4.90 Å². The summed E-state index contributed by atoms with van der Waals surface area (Å²) >= 11 is 0. The molecule has 0 saturated carbocycles. The summed E-state index contributed by atoms with van der Waals surface area (Å²) in [4.78, 5) is 10.7. The fraction of sp³-hybridized carbons (Fsp3) is 0.308. The van der Waals surface area contributed by atoms with Crippen LogP contribution in [0, 0.1) is 0 Å². The first-order valence-corrected chi connectivity index (χ1v) is 7.45. The van der Waals surface area contributed by atoms with Crippen molar-refractivity contribution in [3.8, 4) is 0 Å². The van der Waals surface area contributed by atoms with Gasteiger partial charge in [-0.25, -0.2) is 13.2 Å². The molecule has 1 aliphatic rings. The highest BCUT2D eigenvalue weighted by Gasteiger charge is 2.26. The van der Waals surface area contributed by atoms with Gasteiger partial charge < -0.3 is 5.11 Å². The van der Waals surface area contributed by atoms with E-state index in [1.165, 1.54) is 22.5 Å². The van der Waals surface area contributed by atoms with Crippen molar-refractivity contribution >= 4 is 22.1 Å². The second-order valence-electron chi connectivity index (χ2n) is 4.36. The van der Waals surface area contributed by atoms with Crippen LogP contribution in [-0.2, 0) is 14.8 Å². The molecule has 2 rings (SSSR count). The molecule has 0 amide bonds. The zero-order valence-electron chi connectivity index (χ0n) is 10.3. The summed E-state index contributed by atoms with van der Waals surface area (Å²) in [6.45, 7) is 1.11. The summed E-state index contributed by atoms with van der Waals surface area (Å²) < 4.78 is 26.1. The van der Waals surface area contributed by atoms with Gasteiger partial charge in [-0.3, -0.25) is 0 Å². The van der Waals surface area contributed by atoms with Crippen LogP contribution < -0.4 is 0 Å². The molecule has 1 heterocycles. The third kappa shape index (κ3) is 3.21. The Morgan fingerprint density at radius 2 is 1.95 bits per heavy atom. The number of hydrogen-bond acceptors (Lipinski definition) is 3. The summed E-state index contributed by atoms with van der Waals surface area (Å²) in [5, 5.41) is 8.56. The number of benzene rings is 1. The van der Waals surface area contributed by atoms with Gasteiger partial charge >= 0.3 is 5.97 Å². The van der Waals surface area contributed by atoms with Gasteiger partial charge in [0.15, 0.2) is 0 Å². The van der Waals surface area contributed by atoms with E-state index in [4.69, 9.17) is 5.11 Å². The zero-order valence-corrected chi connectivity index (χ0v) is 11.1. The topological polar surface area (TPSA) is 74.7 Å². The monoisotopic (exact) mass is 281 g/mol. The minimum Gasteiger partial charge on any atom is -0.478 e. The third-order valence-corrected chi connectivity index (χ3v) is 4.87. The summed E-state index contributed by atoms with van der Waals surface area (Å²) in [7, 11) is -3.45. The Labute approximate surface area is 112 Å². The van der Waals surface area contributed by atoms with Crippen LogP contribution >= 0.6 is 0 Å². The van der Waals surface area contributed by atoms with E-state index < -0.39 is 16.0 Å². The van der Waals surface area contributed by atoms with Crippen LogP contribution in [-0.4, -0.2) is 36.9 Å². The van der Waals surface area contributed by atoms with Crippen molar-refractivity contribution in [1.29, 1.82) is 0 Å². The van der Waals surface area contributed by atoms with Gasteiger partial charge in [0.25, 0.3) is 0 Å². The maximum Gasteiger partial charge on any atom is 0.328 e. The van der Waals surface area contributed by atoms with Crippen LogP contribution in [0.2, 0.25) is 0 Å². The van der Waals surface area contributed by atoms with Crippen LogP contribution in [0.15, 0.2) is 35.2 Å². The van der Waals surface area contributed by atoms with Crippen molar-refractivity contribution in [2.24, 2.45) is 0 Å². The van der Waals surface area contributed by atoms with E-state index in [2.05, 4.69) is 0 Å². The maximum atomic E-state index is 12.3. The van der Waals surface area contributed by atoms with Crippen molar-refractivity contribution in [3.05, 3.63) is 35.9 Å². The number of aliphatic carboxylic acids is 1. The second kappa shape index (κ2) is 5.54. The maximum absolute atomic E-state index is 12.3. The number of rotatable bonds is 4. The normalized spacial score (nSPS) is 17.1. The minimum absolute atomic E-state index is 0.210. The zero-order chi connectivity index (χ0) is 13.9. The Balaban J connectivity index is 2.30. The largest absolute Gasteiger partial charge is 0.478 e. The molecular weight excluding hydrogens is 266 g/mol. The van der Waals surface area contributed by atoms with Gasteiger partial charge in [-0.2, -0.15) is 4.31 Å². The fourth-order valence-corrected chi connectivity index (χ4v) is 3.60. The highest BCUT2D eigenvalue weighted by Crippen LogP contribution is 2.21. The number of hydrogen-bond donors (Lipinski definition) is 1. The van der Waals surface area contributed by atoms with Gasteiger partial charge in [-0.1, -0.05) is 12.1 Å². The molecular formula is C13H15NO4S. The minimum atomic E-state index is -3.45. The summed E-state index contributed by atoms with van der Waals surface area (Å²) in [5.41, 5.74) is 0.558. The molecule has 0 spiro atoms. The molecule has 0 radical (unpaired) electrons. The van der Waals surface area contributed by atoms with Crippen molar-refractivity contribution in [2.45, 2.75) is 17.7 Å². The number of carbonyl (C=O) groups is 1. The molecule has 0 atom stereocenters. The first kappa shape index (κ1) is 13.8.